The first-order valence-electron chi connectivity index (χ1n) is 8.84. The van der Waals surface area contributed by atoms with E-state index >= 15 is 0 Å². The smallest absolute Gasteiger partial charge is 0.235 e. The van der Waals surface area contributed by atoms with Crippen LogP contribution in [-0.4, -0.2) is 16.4 Å². The Morgan fingerprint density at radius 3 is 2.46 bits per heavy atom. The largest absolute Gasteiger partial charge is 0.369 e. The molecule has 6 nitrogen and oxygen atoms in total. The Hall–Kier alpha value is -3.30. The van der Waals surface area contributed by atoms with Crippen LogP contribution in [0.15, 0.2) is 48.5 Å². The molecule has 0 bridgehead atoms. The second-order valence-electron chi connectivity index (χ2n) is 6.92. The van der Waals surface area contributed by atoms with E-state index in [2.05, 4.69) is 11.4 Å². The minimum absolute atomic E-state index is 0.298. The fourth-order valence-electron chi connectivity index (χ4n) is 3.39. The number of nitrogens with zero attached hydrogens (tertiary/aromatic N) is 2. The number of hydrogen-bond donors (Lipinski definition) is 2. The first kappa shape index (κ1) is 18.1. The fourth-order valence-corrected chi connectivity index (χ4v) is 3.68. The van der Waals surface area contributed by atoms with Crippen LogP contribution in [0.2, 0.25) is 5.02 Å². The Labute approximate surface area is 166 Å². The maximum absolute atomic E-state index is 12.2. The molecular formula is C21H17ClN4O2. The van der Waals surface area contributed by atoms with Crippen molar-refractivity contribution in [3.05, 3.63) is 64.8 Å². The Bertz CT molecular complexity index is 1140. The molecule has 140 valence electrons. The monoisotopic (exact) mass is 392 g/mol. The fraction of sp³-hybridized carbons (Fsp3) is 0.190. The average Bonchev–Trinajstić information content (AvgIpc) is 3.48. The summed E-state index contributed by atoms with van der Waals surface area (Å²) in [6.45, 7) is 0.298. The van der Waals surface area contributed by atoms with Gasteiger partial charge in [-0.05, 0) is 36.6 Å². The van der Waals surface area contributed by atoms with E-state index in [1.165, 1.54) is 0 Å². The highest BCUT2D eigenvalue weighted by Crippen LogP contribution is 2.45. The van der Waals surface area contributed by atoms with Gasteiger partial charge in [-0.25, -0.2) is 0 Å². The molecule has 0 aliphatic heterocycles. The van der Waals surface area contributed by atoms with Gasteiger partial charge in [0.1, 0.15) is 17.2 Å². The van der Waals surface area contributed by atoms with E-state index in [4.69, 9.17) is 17.3 Å². The van der Waals surface area contributed by atoms with Gasteiger partial charge in [0.25, 0.3) is 0 Å². The van der Waals surface area contributed by atoms with Gasteiger partial charge in [-0.15, -0.1) is 0 Å². The molecule has 0 spiro atoms. The number of primary amides is 1. The van der Waals surface area contributed by atoms with Gasteiger partial charge in [0.15, 0.2) is 0 Å². The zero-order valence-electron chi connectivity index (χ0n) is 14.9. The van der Waals surface area contributed by atoms with Crippen LogP contribution in [0.3, 0.4) is 0 Å². The minimum Gasteiger partial charge on any atom is -0.369 e. The van der Waals surface area contributed by atoms with Crippen molar-refractivity contribution in [1.29, 1.82) is 5.26 Å². The molecular weight excluding hydrogens is 376 g/mol. The van der Waals surface area contributed by atoms with Crippen molar-refractivity contribution in [2.45, 2.75) is 19.4 Å². The lowest BCUT2D eigenvalue weighted by molar-refractivity contribution is -0.135. The Balaban J connectivity index is 1.58. The molecule has 1 aliphatic carbocycles. The molecule has 0 unspecified atom stereocenters. The molecule has 4 rings (SSSR count). The quantitative estimate of drug-likeness (QED) is 0.652. The molecule has 1 aromatic heterocycles. The standard InChI is InChI=1S/C21H17ClN4O2/c22-18-15-3-1-2-4-16(15)26(17(18)11-23)14-7-5-13(6-8-14)12-25-20(28)21(9-10-21)19(24)27/h1-8H,9-10,12H2,(H2,24,27)(H,25,28). The zero-order chi connectivity index (χ0) is 19.9. The van der Waals surface area contributed by atoms with Crippen LogP contribution in [0.25, 0.3) is 16.6 Å². The van der Waals surface area contributed by atoms with Crippen LogP contribution in [0, 0.1) is 16.7 Å². The van der Waals surface area contributed by atoms with Gasteiger partial charge in [-0.2, -0.15) is 5.26 Å². The highest BCUT2D eigenvalue weighted by Gasteiger charge is 2.55. The molecule has 0 atom stereocenters. The highest BCUT2D eigenvalue weighted by atomic mass is 35.5. The Morgan fingerprint density at radius 2 is 1.86 bits per heavy atom. The maximum Gasteiger partial charge on any atom is 0.235 e. The molecule has 1 saturated carbocycles. The van der Waals surface area contributed by atoms with Crippen LogP contribution < -0.4 is 11.1 Å². The lowest BCUT2D eigenvalue weighted by Gasteiger charge is -2.12. The molecule has 3 N–H and O–H groups in total. The lowest BCUT2D eigenvalue weighted by Crippen LogP contribution is -2.40. The first-order valence-corrected chi connectivity index (χ1v) is 9.22. The van der Waals surface area contributed by atoms with E-state index < -0.39 is 11.3 Å². The number of carbonyl (C=O) groups is 2. The van der Waals surface area contributed by atoms with Crippen LogP contribution in [0.5, 0.6) is 0 Å². The van der Waals surface area contributed by atoms with E-state index in [9.17, 15) is 14.9 Å². The van der Waals surface area contributed by atoms with Crippen LogP contribution in [0.1, 0.15) is 24.1 Å². The number of rotatable bonds is 5. The summed E-state index contributed by atoms with van der Waals surface area (Å²) in [5.74, 6) is -0.889. The number of para-hydroxylation sites is 1. The summed E-state index contributed by atoms with van der Waals surface area (Å²) in [4.78, 5) is 23.6. The van der Waals surface area contributed by atoms with Crippen molar-refractivity contribution in [1.82, 2.24) is 9.88 Å². The van der Waals surface area contributed by atoms with E-state index in [0.717, 1.165) is 22.2 Å². The molecule has 1 aliphatic rings. The number of nitrogens with two attached hydrogens (primary N) is 1. The van der Waals surface area contributed by atoms with Gasteiger partial charge in [-0.3, -0.25) is 14.2 Å². The maximum atomic E-state index is 12.2. The van der Waals surface area contributed by atoms with Crippen molar-refractivity contribution >= 4 is 34.3 Å². The van der Waals surface area contributed by atoms with E-state index in [0.29, 0.717) is 30.1 Å². The van der Waals surface area contributed by atoms with Gasteiger partial charge in [0.2, 0.25) is 11.8 Å². The predicted octanol–water partition coefficient (Wildman–Crippen LogP) is 3.04. The van der Waals surface area contributed by atoms with Gasteiger partial charge in [0.05, 0.1) is 10.5 Å². The summed E-state index contributed by atoms with van der Waals surface area (Å²) < 4.78 is 1.81. The van der Waals surface area contributed by atoms with Crippen LogP contribution >= 0.6 is 11.6 Å². The predicted molar refractivity (Wildman–Crippen MR) is 106 cm³/mol. The van der Waals surface area contributed by atoms with Gasteiger partial charge >= 0.3 is 0 Å². The molecule has 7 heteroatoms. The topological polar surface area (TPSA) is 101 Å². The molecule has 1 fully saturated rings. The van der Waals surface area contributed by atoms with E-state index in [1.807, 2.05) is 53.1 Å². The minimum atomic E-state index is -1.03. The molecule has 0 saturated heterocycles. The third kappa shape index (κ3) is 2.81. The molecule has 3 aromatic rings. The summed E-state index contributed by atoms with van der Waals surface area (Å²) in [6.07, 6.45) is 1.01. The third-order valence-electron chi connectivity index (χ3n) is 5.22. The van der Waals surface area contributed by atoms with E-state index in [1.54, 1.807) is 0 Å². The molecule has 28 heavy (non-hydrogen) atoms. The summed E-state index contributed by atoms with van der Waals surface area (Å²) >= 11 is 6.37. The Morgan fingerprint density at radius 1 is 1.18 bits per heavy atom. The SMILES string of the molecule is N#Cc1c(Cl)c2ccccc2n1-c1ccc(CNC(=O)C2(C(N)=O)CC2)cc1. The van der Waals surface area contributed by atoms with E-state index in [-0.39, 0.29) is 5.91 Å². The van der Waals surface area contributed by atoms with Crippen LogP contribution in [0.4, 0.5) is 0 Å². The third-order valence-corrected chi connectivity index (χ3v) is 5.61. The summed E-state index contributed by atoms with van der Waals surface area (Å²) in [5, 5.41) is 13.6. The molecule has 2 amide bonds. The Kier molecular flexibility index (Phi) is 4.33. The van der Waals surface area contributed by atoms with Crippen molar-refractivity contribution in [2.24, 2.45) is 11.1 Å². The second-order valence-corrected chi connectivity index (χ2v) is 7.30. The number of amides is 2. The van der Waals surface area contributed by atoms with Crippen molar-refractivity contribution in [2.75, 3.05) is 0 Å². The van der Waals surface area contributed by atoms with Crippen molar-refractivity contribution < 1.29 is 9.59 Å². The lowest BCUT2D eigenvalue weighted by atomic mass is 10.1. The van der Waals surface area contributed by atoms with Crippen molar-refractivity contribution in [3.63, 3.8) is 0 Å². The number of carbonyl (C=O) groups excluding carboxylic acids is 2. The van der Waals surface area contributed by atoms with Gasteiger partial charge in [0, 0.05) is 17.6 Å². The van der Waals surface area contributed by atoms with Crippen LogP contribution in [-0.2, 0) is 16.1 Å². The van der Waals surface area contributed by atoms with Gasteiger partial charge in [-0.1, -0.05) is 41.9 Å². The highest BCUT2D eigenvalue weighted by molar-refractivity contribution is 6.37. The number of hydrogen-bond acceptors (Lipinski definition) is 3. The summed E-state index contributed by atoms with van der Waals surface area (Å²) in [6, 6.07) is 17.2. The van der Waals surface area contributed by atoms with Crippen molar-refractivity contribution in [3.8, 4) is 11.8 Å². The number of fused-ring (bicyclic) bond motifs is 1. The second kappa shape index (κ2) is 6.70. The summed E-state index contributed by atoms with van der Waals surface area (Å²) in [7, 11) is 0. The van der Waals surface area contributed by atoms with Gasteiger partial charge < -0.3 is 11.1 Å². The first-order chi connectivity index (χ1) is 13.5. The number of benzene rings is 2. The average molecular weight is 393 g/mol. The number of nitrogens with one attached hydrogen (secondary N) is 1. The molecule has 2 aromatic carbocycles. The summed E-state index contributed by atoms with van der Waals surface area (Å²) in [5.41, 5.74) is 7.19. The molecule has 0 radical (unpaired) electrons. The normalized spacial score (nSPS) is 14.4. The molecule has 1 heterocycles. The number of aromatic nitrogens is 1. The number of nitriles is 1. The number of halogens is 1. The zero-order valence-corrected chi connectivity index (χ0v) is 15.7.